The molecule has 0 N–H and O–H groups in total. The van der Waals surface area contributed by atoms with Crippen LogP contribution in [0.3, 0.4) is 0 Å². The molecule has 0 aromatic heterocycles. The van der Waals surface area contributed by atoms with Crippen molar-refractivity contribution in [2.75, 3.05) is 0 Å². The minimum absolute atomic E-state index is 0.0427. The first-order valence-electron chi connectivity index (χ1n) is 12.2. The fourth-order valence-electron chi connectivity index (χ4n) is 5.62. The van der Waals surface area contributed by atoms with Gasteiger partial charge in [-0.05, 0) is 71.4 Å². The molecule has 39 heavy (non-hydrogen) atoms. The van der Waals surface area contributed by atoms with Gasteiger partial charge in [-0.2, -0.15) is 21.6 Å². The highest BCUT2D eigenvalue weighted by molar-refractivity contribution is 7.88. The van der Waals surface area contributed by atoms with Crippen molar-refractivity contribution >= 4 is 42.9 Å². The van der Waals surface area contributed by atoms with Crippen molar-refractivity contribution in [2.24, 2.45) is 0 Å². The Bertz CT molecular complexity index is 1870. The van der Waals surface area contributed by atoms with E-state index in [0.717, 1.165) is 36.0 Å². The standard InChI is InChI=1S/C29H20F3NO5S/c30-29(31,32)39(36,37)38-28-20-8-4-2-6-18(20)10-12-26(28)25-16-14-23-22-11-9-17-5-1-3-7-19(17)21(22)13-15-24(23)27(25)33(34)35/h2-4,6-8,10,12-16H,1,5,9,11H2. The van der Waals surface area contributed by atoms with Gasteiger partial charge >= 0.3 is 15.6 Å². The third-order valence-corrected chi connectivity index (χ3v) is 8.31. The van der Waals surface area contributed by atoms with Crippen LogP contribution in [0.15, 0.2) is 78.4 Å². The number of nitro groups is 1. The van der Waals surface area contributed by atoms with Gasteiger partial charge in [0.25, 0.3) is 5.69 Å². The summed E-state index contributed by atoms with van der Waals surface area (Å²) in [6, 6.07) is 15.7. The molecule has 6 rings (SSSR count). The lowest BCUT2D eigenvalue weighted by atomic mass is 9.79. The number of rotatable bonds is 4. The number of fused-ring (bicyclic) bond motifs is 5. The summed E-state index contributed by atoms with van der Waals surface area (Å²) in [4.78, 5) is 11.9. The molecule has 198 valence electrons. The molecular formula is C29H20F3NO5S. The first kappa shape index (κ1) is 25.1. The Hall–Kier alpha value is -4.18. The molecule has 0 atom stereocenters. The molecule has 0 spiro atoms. The van der Waals surface area contributed by atoms with Crippen LogP contribution in [-0.2, 0) is 16.5 Å². The summed E-state index contributed by atoms with van der Waals surface area (Å²) in [6.07, 6.45) is 7.72. The van der Waals surface area contributed by atoms with Crippen LogP contribution < -0.4 is 4.18 Å². The van der Waals surface area contributed by atoms with Crippen molar-refractivity contribution < 1.29 is 30.7 Å². The van der Waals surface area contributed by atoms with Crippen LogP contribution in [0.25, 0.3) is 38.2 Å². The van der Waals surface area contributed by atoms with Crippen LogP contribution in [0, 0.1) is 10.1 Å². The summed E-state index contributed by atoms with van der Waals surface area (Å²) >= 11 is 0. The monoisotopic (exact) mass is 551 g/mol. The van der Waals surface area contributed by atoms with E-state index in [1.165, 1.54) is 29.8 Å². The molecule has 0 aliphatic heterocycles. The number of nitrogens with zero attached hydrogens (tertiary/aromatic N) is 1. The highest BCUT2D eigenvalue weighted by Gasteiger charge is 2.49. The van der Waals surface area contributed by atoms with E-state index in [9.17, 15) is 31.7 Å². The van der Waals surface area contributed by atoms with Crippen LogP contribution >= 0.6 is 0 Å². The van der Waals surface area contributed by atoms with E-state index in [0.29, 0.717) is 22.6 Å². The van der Waals surface area contributed by atoms with Gasteiger partial charge in [0, 0.05) is 10.9 Å². The summed E-state index contributed by atoms with van der Waals surface area (Å²) in [5, 5.41) is 14.0. The molecule has 0 saturated carbocycles. The van der Waals surface area contributed by atoms with E-state index in [1.54, 1.807) is 30.3 Å². The molecule has 10 heteroatoms. The number of hydrogen-bond acceptors (Lipinski definition) is 5. The Labute approximate surface area is 221 Å². The van der Waals surface area contributed by atoms with Gasteiger partial charge in [-0.1, -0.05) is 60.2 Å². The lowest BCUT2D eigenvalue weighted by Crippen LogP contribution is -2.28. The number of allylic oxidation sites excluding steroid dienone is 4. The van der Waals surface area contributed by atoms with Crippen molar-refractivity contribution in [1.29, 1.82) is 0 Å². The number of hydrogen-bond donors (Lipinski definition) is 0. The molecule has 2 aliphatic carbocycles. The number of benzene rings is 4. The van der Waals surface area contributed by atoms with E-state index in [4.69, 9.17) is 0 Å². The van der Waals surface area contributed by atoms with Crippen LogP contribution in [0.5, 0.6) is 5.75 Å². The quantitative estimate of drug-likeness (QED) is 0.112. The van der Waals surface area contributed by atoms with Crippen molar-refractivity contribution in [3.8, 4) is 16.9 Å². The highest BCUT2D eigenvalue weighted by Crippen LogP contribution is 2.47. The Morgan fingerprint density at radius 2 is 1.54 bits per heavy atom. The smallest absolute Gasteiger partial charge is 0.375 e. The van der Waals surface area contributed by atoms with Crippen molar-refractivity contribution in [2.45, 2.75) is 31.2 Å². The normalized spacial score (nSPS) is 15.4. The van der Waals surface area contributed by atoms with E-state index in [1.807, 2.05) is 6.07 Å². The molecule has 4 aromatic rings. The SMILES string of the molecule is O=[N+]([O-])c1c(-c2ccc3ccccc3c2OS(=O)(=O)C(F)(F)F)ccc2c3c(ccc12)C1=C(CCC=C1)CC3. The van der Waals surface area contributed by atoms with Gasteiger partial charge in [-0.25, -0.2) is 0 Å². The molecule has 2 aliphatic rings. The second-order valence-corrected chi connectivity index (χ2v) is 11.0. The van der Waals surface area contributed by atoms with Gasteiger partial charge in [-0.15, -0.1) is 0 Å². The van der Waals surface area contributed by atoms with Crippen molar-refractivity contribution in [3.05, 3.63) is 99.6 Å². The van der Waals surface area contributed by atoms with Crippen molar-refractivity contribution in [3.63, 3.8) is 0 Å². The van der Waals surface area contributed by atoms with Crippen LogP contribution in [0.4, 0.5) is 18.9 Å². The number of nitro benzene ring substituents is 1. The number of halogens is 3. The molecule has 0 saturated heterocycles. The maximum absolute atomic E-state index is 13.3. The zero-order chi connectivity index (χ0) is 27.5. The Morgan fingerprint density at radius 1 is 0.821 bits per heavy atom. The molecule has 0 bridgehead atoms. The van der Waals surface area contributed by atoms with Gasteiger partial charge in [0.15, 0.2) is 5.75 Å². The van der Waals surface area contributed by atoms with Gasteiger partial charge in [0.1, 0.15) is 0 Å². The zero-order valence-electron chi connectivity index (χ0n) is 20.3. The largest absolute Gasteiger partial charge is 0.534 e. The number of alkyl halides is 3. The van der Waals surface area contributed by atoms with Gasteiger partial charge in [0.05, 0.1) is 15.9 Å². The Balaban J connectivity index is 1.62. The Morgan fingerprint density at radius 3 is 2.31 bits per heavy atom. The molecule has 0 amide bonds. The molecule has 0 heterocycles. The molecule has 0 radical (unpaired) electrons. The summed E-state index contributed by atoms with van der Waals surface area (Å²) in [5.74, 6) is -0.618. The third-order valence-electron chi connectivity index (χ3n) is 7.36. The maximum Gasteiger partial charge on any atom is 0.534 e. The van der Waals surface area contributed by atoms with E-state index in [-0.39, 0.29) is 22.2 Å². The topological polar surface area (TPSA) is 86.5 Å². The van der Waals surface area contributed by atoms with Crippen LogP contribution in [0.2, 0.25) is 0 Å². The predicted molar refractivity (Wildman–Crippen MR) is 143 cm³/mol. The third kappa shape index (κ3) is 4.06. The average molecular weight is 552 g/mol. The van der Waals surface area contributed by atoms with Crippen molar-refractivity contribution in [1.82, 2.24) is 0 Å². The molecular weight excluding hydrogens is 531 g/mol. The fourth-order valence-corrected chi connectivity index (χ4v) is 6.11. The van der Waals surface area contributed by atoms with E-state index >= 15 is 0 Å². The molecule has 4 aromatic carbocycles. The van der Waals surface area contributed by atoms with Crippen LogP contribution in [-0.4, -0.2) is 18.8 Å². The minimum atomic E-state index is -6.05. The van der Waals surface area contributed by atoms with E-state index < -0.39 is 26.3 Å². The summed E-state index contributed by atoms with van der Waals surface area (Å²) in [7, 11) is -6.05. The second-order valence-electron chi connectivity index (χ2n) is 9.51. The minimum Gasteiger partial charge on any atom is -0.375 e. The molecule has 0 fully saturated rings. The van der Waals surface area contributed by atoms with E-state index in [2.05, 4.69) is 16.3 Å². The fraction of sp³-hybridized carbons (Fsp3) is 0.172. The first-order valence-corrected chi connectivity index (χ1v) is 13.6. The van der Waals surface area contributed by atoms with Gasteiger partial charge in [0.2, 0.25) is 0 Å². The second kappa shape index (κ2) is 8.94. The zero-order valence-corrected chi connectivity index (χ0v) is 21.1. The summed E-state index contributed by atoms with van der Waals surface area (Å²) in [5.41, 5.74) is -1.70. The average Bonchev–Trinajstić information content (AvgIpc) is 2.91. The predicted octanol–water partition coefficient (Wildman–Crippen LogP) is 7.85. The number of aryl methyl sites for hydroxylation is 1. The van der Waals surface area contributed by atoms with Crippen LogP contribution in [0.1, 0.15) is 30.4 Å². The van der Waals surface area contributed by atoms with Gasteiger partial charge < -0.3 is 4.18 Å². The Kier molecular flexibility index (Phi) is 5.76. The molecule has 6 nitrogen and oxygen atoms in total. The summed E-state index contributed by atoms with van der Waals surface area (Å²) < 4.78 is 68.8. The lowest BCUT2D eigenvalue weighted by molar-refractivity contribution is -0.382. The molecule has 0 unspecified atom stereocenters. The lowest BCUT2D eigenvalue weighted by Gasteiger charge is -2.25. The first-order chi connectivity index (χ1) is 18.6. The highest BCUT2D eigenvalue weighted by atomic mass is 32.2. The summed E-state index contributed by atoms with van der Waals surface area (Å²) in [6.45, 7) is 0. The van der Waals surface area contributed by atoms with Gasteiger partial charge in [-0.3, -0.25) is 10.1 Å². The maximum atomic E-state index is 13.3.